The van der Waals surface area contributed by atoms with Gasteiger partial charge in [0.25, 0.3) is 0 Å². The van der Waals surface area contributed by atoms with Gasteiger partial charge in [-0.15, -0.1) is 0 Å². The van der Waals surface area contributed by atoms with E-state index >= 15 is 0 Å². The summed E-state index contributed by atoms with van der Waals surface area (Å²) in [6.45, 7) is 2.00. The predicted octanol–water partition coefficient (Wildman–Crippen LogP) is 2.23. The highest BCUT2D eigenvalue weighted by molar-refractivity contribution is 5.43. The van der Waals surface area contributed by atoms with Gasteiger partial charge in [-0.3, -0.25) is 0 Å². The maximum atomic E-state index is 5.85. The highest BCUT2D eigenvalue weighted by Crippen LogP contribution is 2.39. The van der Waals surface area contributed by atoms with E-state index < -0.39 is 0 Å². The molecule has 1 aliphatic rings. The van der Waals surface area contributed by atoms with Crippen LogP contribution in [0.4, 0.5) is 0 Å². The third-order valence-corrected chi connectivity index (χ3v) is 3.01. The molecule has 0 aromatic carbocycles. The van der Waals surface area contributed by atoms with Gasteiger partial charge in [-0.05, 0) is 31.4 Å². The summed E-state index contributed by atoms with van der Waals surface area (Å²) < 4.78 is 2.09. The predicted molar refractivity (Wildman–Crippen MR) is 59.8 cm³/mol. The number of pyridine rings is 1. The molecule has 0 saturated heterocycles. The summed E-state index contributed by atoms with van der Waals surface area (Å²) in [6, 6.07) is 4.19. The fraction of sp³-hybridized carbons (Fsp3) is 0.417. The summed E-state index contributed by atoms with van der Waals surface area (Å²) >= 11 is 0. The van der Waals surface area contributed by atoms with E-state index in [2.05, 4.69) is 27.8 Å². The topological polar surface area (TPSA) is 43.3 Å². The minimum Gasteiger partial charge on any atom is -0.324 e. The van der Waals surface area contributed by atoms with Gasteiger partial charge < -0.3 is 10.1 Å². The summed E-state index contributed by atoms with van der Waals surface area (Å²) in [6.07, 6.45) is 6.81. The maximum Gasteiger partial charge on any atom is 0.137 e. The molecule has 0 aliphatic heterocycles. The first-order valence-electron chi connectivity index (χ1n) is 5.48. The van der Waals surface area contributed by atoms with Crippen LogP contribution in [0, 0.1) is 0 Å². The van der Waals surface area contributed by atoms with Crippen LogP contribution in [-0.4, -0.2) is 9.38 Å². The zero-order chi connectivity index (χ0) is 10.4. The molecule has 78 valence electrons. The molecule has 2 aromatic rings. The quantitative estimate of drug-likeness (QED) is 0.809. The van der Waals surface area contributed by atoms with Crippen molar-refractivity contribution in [2.45, 2.75) is 31.7 Å². The molecular weight excluding hydrogens is 186 g/mol. The van der Waals surface area contributed by atoms with Crippen molar-refractivity contribution in [3.63, 3.8) is 0 Å². The van der Waals surface area contributed by atoms with Gasteiger partial charge in [-0.1, -0.05) is 6.07 Å². The lowest BCUT2D eigenvalue weighted by molar-refractivity contribution is 0.808. The van der Waals surface area contributed by atoms with E-state index in [4.69, 9.17) is 5.73 Å². The molecule has 1 atom stereocenters. The van der Waals surface area contributed by atoms with Crippen molar-refractivity contribution in [2.75, 3.05) is 0 Å². The molecule has 3 heteroatoms. The molecule has 3 rings (SSSR count). The van der Waals surface area contributed by atoms with Crippen molar-refractivity contribution in [1.29, 1.82) is 0 Å². The van der Waals surface area contributed by atoms with Gasteiger partial charge in [-0.2, -0.15) is 0 Å². The second-order valence-electron chi connectivity index (χ2n) is 4.46. The lowest BCUT2D eigenvalue weighted by Gasteiger charge is -2.04. The van der Waals surface area contributed by atoms with E-state index in [-0.39, 0.29) is 6.04 Å². The van der Waals surface area contributed by atoms with Crippen molar-refractivity contribution in [3.05, 3.63) is 35.8 Å². The summed E-state index contributed by atoms with van der Waals surface area (Å²) in [5, 5.41) is 0. The molecule has 15 heavy (non-hydrogen) atoms. The Morgan fingerprint density at radius 1 is 1.40 bits per heavy atom. The largest absolute Gasteiger partial charge is 0.324 e. The SMILES string of the molecule is CC(N)c1ccc2nc(C3CC3)cn2c1. The van der Waals surface area contributed by atoms with Crippen LogP contribution in [0.1, 0.15) is 43.0 Å². The van der Waals surface area contributed by atoms with Crippen LogP contribution in [0.25, 0.3) is 5.65 Å². The number of aromatic nitrogens is 2. The monoisotopic (exact) mass is 201 g/mol. The van der Waals surface area contributed by atoms with Crippen molar-refractivity contribution in [2.24, 2.45) is 5.73 Å². The van der Waals surface area contributed by atoms with E-state index in [0.29, 0.717) is 5.92 Å². The van der Waals surface area contributed by atoms with Gasteiger partial charge in [-0.25, -0.2) is 4.98 Å². The maximum absolute atomic E-state index is 5.85. The van der Waals surface area contributed by atoms with Crippen molar-refractivity contribution < 1.29 is 0 Å². The molecule has 0 amide bonds. The van der Waals surface area contributed by atoms with Gasteiger partial charge in [0.05, 0.1) is 5.69 Å². The number of rotatable bonds is 2. The number of fused-ring (bicyclic) bond motifs is 1. The molecular formula is C12H15N3. The van der Waals surface area contributed by atoms with Crippen molar-refractivity contribution in [1.82, 2.24) is 9.38 Å². The van der Waals surface area contributed by atoms with Crippen LogP contribution in [0.15, 0.2) is 24.5 Å². The van der Waals surface area contributed by atoms with Gasteiger partial charge in [0.1, 0.15) is 5.65 Å². The third-order valence-electron chi connectivity index (χ3n) is 3.01. The highest BCUT2D eigenvalue weighted by atomic mass is 15.0. The summed E-state index contributed by atoms with van der Waals surface area (Å²) in [4.78, 5) is 4.60. The fourth-order valence-corrected chi connectivity index (χ4v) is 1.87. The van der Waals surface area contributed by atoms with E-state index in [9.17, 15) is 0 Å². The molecule has 0 spiro atoms. The molecule has 3 nitrogen and oxygen atoms in total. The number of hydrogen-bond donors (Lipinski definition) is 1. The summed E-state index contributed by atoms with van der Waals surface area (Å²) in [5.74, 6) is 0.712. The Bertz CT molecular complexity index is 495. The molecule has 1 fully saturated rings. The van der Waals surface area contributed by atoms with E-state index in [1.54, 1.807) is 0 Å². The van der Waals surface area contributed by atoms with Crippen LogP contribution in [0.3, 0.4) is 0 Å². The Kier molecular flexibility index (Phi) is 1.83. The number of hydrogen-bond acceptors (Lipinski definition) is 2. The normalized spacial score (nSPS) is 18.3. The smallest absolute Gasteiger partial charge is 0.137 e. The average molecular weight is 201 g/mol. The minimum absolute atomic E-state index is 0.0844. The summed E-state index contributed by atoms with van der Waals surface area (Å²) in [5.41, 5.74) is 9.27. The van der Waals surface area contributed by atoms with E-state index in [1.165, 1.54) is 18.5 Å². The standard InChI is InChI=1S/C12H15N3/c1-8(13)10-4-5-12-14-11(9-2-3-9)7-15(12)6-10/h4-9H,2-3,13H2,1H3. The molecule has 1 unspecified atom stereocenters. The van der Waals surface area contributed by atoms with Crippen LogP contribution in [0.5, 0.6) is 0 Å². The first kappa shape index (κ1) is 8.92. The molecule has 0 radical (unpaired) electrons. The zero-order valence-corrected chi connectivity index (χ0v) is 8.85. The van der Waals surface area contributed by atoms with Crippen molar-refractivity contribution in [3.8, 4) is 0 Å². The Hall–Kier alpha value is -1.35. The van der Waals surface area contributed by atoms with E-state index in [1.807, 2.05) is 13.0 Å². The zero-order valence-electron chi connectivity index (χ0n) is 8.85. The van der Waals surface area contributed by atoms with Crippen LogP contribution < -0.4 is 5.73 Å². The van der Waals surface area contributed by atoms with Crippen LogP contribution in [-0.2, 0) is 0 Å². The Labute approximate surface area is 88.9 Å². The number of imidazole rings is 1. The minimum atomic E-state index is 0.0844. The van der Waals surface area contributed by atoms with Gasteiger partial charge >= 0.3 is 0 Å². The van der Waals surface area contributed by atoms with E-state index in [0.717, 1.165) is 11.2 Å². The molecule has 2 N–H and O–H groups in total. The second-order valence-corrected chi connectivity index (χ2v) is 4.46. The molecule has 2 heterocycles. The van der Waals surface area contributed by atoms with Crippen LogP contribution in [0.2, 0.25) is 0 Å². The Morgan fingerprint density at radius 2 is 2.20 bits per heavy atom. The summed E-state index contributed by atoms with van der Waals surface area (Å²) in [7, 11) is 0. The first-order chi connectivity index (χ1) is 7.24. The molecule has 1 saturated carbocycles. The third kappa shape index (κ3) is 1.53. The first-order valence-corrected chi connectivity index (χ1v) is 5.48. The Balaban J connectivity index is 2.09. The molecule has 1 aliphatic carbocycles. The van der Waals surface area contributed by atoms with Crippen molar-refractivity contribution >= 4 is 5.65 Å². The van der Waals surface area contributed by atoms with Crippen LogP contribution >= 0.6 is 0 Å². The average Bonchev–Trinajstić information content (AvgIpc) is 2.97. The van der Waals surface area contributed by atoms with Gasteiger partial charge in [0.15, 0.2) is 0 Å². The number of nitrogens with two attached hydrogens (primary N) is 1. The second kappa shape index (κ2) is 3.07. The fourth-order valence-electron chi connectivity index (χ4n) is 1.87. The number of nitrogens with zero attached hydrogens (tertiary/aromatic N) is 2. The Morgan fingerprint density at radius 3 is 2.87 bits per heavy atom. The highest BCUT2D eigenvalue weighted by Gasteiger charge is 2.26. The van der Waals surface area contributed by atoms with Gasteiger partial charge in [0, 0.05) is 24.4 Å². The lowest BCUT2D eigenvalue weighted by Crippen LogP contribution is -2.05. The van der Waals surface area contributed by atoms with Gasteiger partial charge in [0.2, 0.25) is 0 Å². The lowest BCUT2D eigenvalue weighted by atomic mass is 10.2. The molecule has 2 aromatic heterocycles. The molecule has 0 bridgehead atoms.